The van der Waals surface area contributed by atoms with Crippen LogP contribution in [0.1, 0.15) is 12.0 Å². The summed E-state index contributed by atoms with van der Waals surface area (Å²) in [5, 5.41) is 0. The number of hydrogen-bond acceptors (Lipinski definition) is 3. The number of carbonyl (C=O) groups is 1. The van der Waals surface area contributed by atoms with Gasteiger partial charge in [-0.2, -0.15) is 0 Å². The first-order valence-corrected chi connectivity index (χ1v) is 5.74. The summed E-state index contributed by atoms with van der Waals surface area (Å²) >= 11 is 5.78. The molecule has 0 aliphatic carbocycles. The molecule has 1 aliphatic rings. The molecule has 0 radical (unpaired) electrons. The van der Waals surface area contributed by atoms with Gasteiger partial charge in [-0.1, -0.05) is 0 Å². The standard InChI is InChI=1S/C11H14ClN3O/c1-7-2-3-14-11(13)10(7)15-6-8(5-12)4-9(15)16/h2-3,8H,4-6H2,1H3,(H2,13,14). The van der Waals surface area contributed by atoms with Crippen molar-refractivity contribution in [2.75, 3.05) is 23.1 Å². The third-order valence-electron chi connectivity index (χ3n) is 2.85. The average Bonchev–Trinajstić information content (AvgIpc) is 2.60. The van der Waals surface area contributed by atoms with E-state index in [1.807, 2.05) is 13.0 Å². The highest BCUT2D eigenvalue weighted by atomic mass is 35.5. The lowest BCUT2D eigenvalue weighted by atomic mass is 10.1. The number of aryl methyl sites for hydroxylation is 1. The van der Waals surface area contributed by atoms with Gasteiger partial charge >= 0.3 is 0 Å². The van der Waals surface area contributed by atoms with Crippen LogP contribution in [0.25, 0.3) is 0 Å². The highest BCUT2D eigenvalue weighted by molar-refractivity contribution is 6.18. The van der Waals surface area contributed by atoms with Gasteiger partial charge in [0.2, 0.25) is 5.91 Å². The van der Waals surface area contributed by atoms with Crippen molar-refractivity contribution in [1.29, 1.82) is 0 Å². The second kappa shape index (κ2) is 4.29. The first kappa shape index (κ1) is 11.2. The molecule has 2 N–H and O–H groups in total. The predicted octanol–water partition coefficient (Wildman–Crippen LogP) is 1.56. The van der Waals surface area contributed by atoms with Gasteiger partial charge in [0.15, 0.2) is 0 Å². The van der Waals surface area contributed by atoms with Crippen LogP contribution in [0.4, 0.5) is 11.5 Å². The Morgan fingerprint density at radius 2 is 2.44 bits per heavy atom. The molecule has 1 amide bonds. The summed E-state index contributed by atoms with van der Waals surface area (Å²) in [5.74, 6) is 1.20. The fourth-order valence-corrected chi connectivity index (χ4v) is 2.23. The molecular formula is C11H14ClN3O. The minimum absolute atomic E-state index is 0.0773. The lowest BCUT2D eigenvalue weighted by Gasteiger charge is -2.19. The Balaban J connectivity index is 2.35. The molecule has 2 rings (SSSR count). The van der Waals surface area contributed by atoms with Gasteiger partial charge in [0.1, 0.15) is 5.82 Å². The van der Waals surface area contributed by atoms with E-state index in [2.05, 4.69) is 4.98 Å². The van der Waals surface area contributed by atoms with Crippen LogP contribution in [0.2, 0.25) is 0 Å². The van der Waals surface area contributed by atoms with E-state index in [1.165, 1.54) is 0 Å². The maximum Gasteiger partial charge on any atom is 0.227 e. The summed E-state index contributed by atoms with van der Waals surface area (Å²) in [6.45, 7) is 2.56. The van der Waals surface area contributed by atoms with E-state index in [1.54, 1.807) is 11.1 Å². The predicted molar refractivity (Wildman–Crippen MR) is 64.6 cm³/mol. The molecular weight excluding hydrogens is 226 g/mol. The van der Waals surface area contributed by atoms with E-state index in [0.717, 1.165) is 11.3 Å². The number of nitrogen functional groups attached to an aromatic ring is 1. The van der Waals surface area contributed by atoms with Crippen LogP contribution in [0.3, 0.4) is 0 Å². The number of nitrogens with two attached hydrogens (primary N) is 1. The third-order valence-corrected chi connectivity index (χ3v) is 3.28. The molecule has 1 atom stereocenters. The van der Waals surface area contributed by atoms with Gasteiger partial charge < -0.3 is 10.6 Å². The van der Waals surface area contributed by atoms with Crippen molar-refractivity contribution < 1.29 is 4.79 Å². The van der Waals surface area contributed by atoms with Crippen LogP contribution in [-0.4, -0.2) is 23.3 Å². The molecule has 1 saturated heterocycles. The van der Waals surface area contributed by atoms with E-state index in [0.29, 0.717) is 24.7 Å². The fraction of sp³-hybridized carbons (Fsp3) is 0.455. The van der Waals surface area contributed by atoms with E-state index < -0.39 is 0 Å². The number of aromatic nitrogens is 1. The second-order valence-electron chi connectivity index (χ2n) is 4.09. The van der Waals surface area contributed by atoms with Crippen molar-refractivity contribution in [1.82, 2.24) is 4.98 Å². The molecule has 4 nitrogen and oxygen atoms in total. The number of alkyl halides is 1. The summed E-state index contributed by atoms with van der Waals surface area (Å²) in [6, 6.07) is 1.85. The maximum atomic E-state index is 11.8. The zero-order valence-corrected chi connectivity index (χ0v) is 9.87. The maximum absolute atomic E-state index is 11.8. The van der Waals surface area contributed by atoms with Crippen molar-refractivity contribution in [3.8, 4) is 0 Å². The molecule has 16 heavy (non-hydrogen) atoms. The monoisotopic (exact) mass is 239 g/mol. The van der Waals surface area contributed by atoms with E-state index in [-0.39, 0.29) is 11.8 Å². The Kier molecular flexibility index (Phi) is 3.01. The van der Waals surface area contributed by atoms with Gasteiger partial charge in [0, 0.05) is 25.0 Å². The number of rotatable bonds is 2. The largest absolute Gasteiger partial charge is 0.382 e. The van der Waals surface area contributed by atoms with Crippen molar-refractivity contribution >= 4 is 29.0 Å². The Morgan fingerprint density at radius 3 is 3.00 bits per heavy atom. The third kappa shape index (κ3) is 1.85. The summed E-state index contributed by atoms with van der Waals surface area (Å²) in [7, 11) is 0. The van der Waals surface area contributed by atoms with Gasteiger partial charge in [-0.3, -0.25) is 4.79 Å². The normalized spacial score (nSPS) is 20.5. The molecule has 86 valence electrons. The van der Waals surface area contributed by atoms with Crippen molar-refractivity contribution in [2.24, 2.45) is 5.92 Å². The molecule has 0 saturated carbocycles. The van der Waals surface area contributed by atoms with Crippen LogP contribution >= 0.6 is 11.6 Å². The Morgan fingerprint density at radius 1 is 1.69 bits per heavy atom. The first-order valence-electron chi connectivity index (χ1n) is 5.21. The van der Waals surface area contributed by atoms with Crippen molar-refractivity contribution in [2.45, 2.75) is 13.3 Å². The Labute approximate surface area is 99.4 Å². The lowest BCUT2D eigenvalue weighted by Crippen LogP contribution is -2.26. The Hall–Kier alpha value is -1.29. The molecule has 0 bridgehead atoms. The highest BCUT2D eigenvalue weighted by Crippen LogP contribution is 2.31. The number of carbonyl (C=O) groups excluding carboxylic acids is 1. The van der Waals surface area contributed by atoms with Gasteiger partial charge in [0.05, 0.1) is 5.69 Å². The van der Waals surface area contributed by atoms with Crippen LogP contribution < -0.4 is 10.6 Å². The summed E-state index contributed by atoms with van der Waals surface area (Å²) in [6.07, 6.45) is 2.14. The SMILES string of the molecule is Cc1ccnc(N)c1N1CC(CCl)CC1=O. The highest BCUT2D eigenvalue weighted by Gasteiger charge is 2.31. The number of pyridine rings is 1. The zero-order valence-electron chi connectivity index (χ0n) is 9.11. The van der Waals surface area contributed by atoms with E-state index in [9.17, 15) is 4.79 Å². The topological polar surface area (TPSA) is 59.2 Å². The van der Waals surface area contributed by atoms with Crippen LogP contribution in [0.5, 0.6) is 0 Å². The molecule has 1 fully saturated rings. The molecule has 0 spiro atoms. The summed E-state index contributed by atoms with van der Waals surface area (Å²) in [4.78, 5) is 17.6. The van der Waals surface area contributed by atoms with Gasteiger partial charge in [-0.25, -0.2) is 4.98 Å². The second-order valence-corrected chi connectivity index (χ2v) is 4.40. The quantitative estimate of drug-likeness (QED) is 0.797. The van der Waals surface area contributed by atoms with Crippen molar-refractivity contribution in [3.63, 3.8) is 0 Å². The average molecular weight is 240 g/mol. The summed E-state index contributed by atoms with van der Waals surface area (Å²) in [5.41, 5.74) is 7.52. The minimum atomic E-state index is 0.0773. The number of hydrogen-bond donors (Lipinski definition) is 1. The van der Waals surface area contributed by atoms with Gasteiger partial charge in [-0.15, -0.1) is 11.6 Å². The molecule has 0 aromatic carbocycles. The fourth-order valence-electron chi connectivity index (χ4n) is 2.02. The van der Waals surface area contributed by atoms with Crippen LogP contribution in [0, 0.1) is 12.8 Å². The lowest BCUT2D eigenvalue weighted by molar-refractivity contribution is -0.117. The van der Waals surface area contributed by atoms with Crippen LogP contribution in [-0.2, 0) is 4.79 Å². The zero-order chi connectivity index (χ0) is 11.7. The minimum Gasteiger partial charge on any atom is -0.382 e. The molecule has 2 heterocycles. The van der Waals surface area contributed by atoms with E-state index >= 15 is 0 Å². The van der Waals surface area contributed by atoms with Crippen LogP contribution in [0.15, 0.2) is 12.3 Å². The number of anilines is 2. The molecule has 5 heteroatoms. The van der Waals surface area contributed by atoms with Gasteiger partial charge in [-0.05, 0) is 24.5 Å². The summed E-state index contributed by atoms with van der Waals surface area (Å²) < 4.78 is 0. The van der Waals surface area contributed by atoms with Crippen molar-refractivity contribution in [3.05, 3.63) is 17.8 Å². The number of halogens is 1. The first-order chi connectivity index (χ1) is 7.63. The van der Waals surface area contributed by atoms with E-state index in [4.69, 9.17) is 17.3 Å². The molecule has 1 aromatic heterocycles. The van der Waals surface area contributed by atoms with Gasteiger partial charge in [0.25, 0.3) is 0 Å². The molecule has 1 aliphatic heterocycles. The Bertz CT molecular complexity index is 401. The number of nitrogens with zero attached hydrogens (tertiary/aromatic N) is 2. The smallest absolute Gasteiger partial charge is 0.227 e. The molecule has 1 unspecified atom stereocenters. The molecule has 1 aromatic rings. The number of amides is 1.